The van der Waals surface area contributed by atoms with E-state index in [1.807, 2.05) is 0 Å². The molecule has 0 N–H and O–H groups in total. The molecule has 0 unspecified atom stereocenters. The average Bonchev–Trinajstić information content (AvgIpc) is 2.78. The topological polar surface area (TPSA) is 54.0 Å². The molecule has 0 spiro atoms. The number of hydrogen-bond donors (Lipinski definition) is 0. The van der Waals surface area contributed by atoms with Crippen LogP contribution >= 0.6 is 0 Å². The summed E-state index contributed by atoms with van der Waals surface area (Å²) in [7, 11) is 0. The largest absolute Gasteiger partial charge is 0.462 e. The highest BCUT2D eigenvalue weighted by Gasteiger charge is 2.90. The fraction of sp³-hybridized carbons (Fsp3) is 0.933. The number of carbonyl (C=O) groups is 1. The molecule has 0 aromatic carbocycles. The van der Waals surface area contributed by atoms with Crippen LogP contribution in [0.3, 0.4) is 0 Å². The molecule has 0 aliphatic heterocycles. The first-order chi connectivity index (χ1) is 21.0. The van der Waals surface area contributed by atoms with Crippen molar-refractivity contribution >= 4 is 6.04 Å². The number of rotatable bonds is 13. The summed E-state index contributed by atoms with van der Waals surface area (Å²) in [5.41, 5.74) is 0. The van der Waals surface area contributed by atoms with E-state index in [0.717, 1.165) is 18.9 Å². The molecule has 300 valence electrons. The van der Waals surface area contributed by atoms with Crippen molar-refractivity contribution in [3.8, 4) is 0 Å². The minimum atomic E-state index is -9.29. The lowest BCUT2D eigenvalue weighted by Crippen LogP contribution is -2.72. The van der Waals surface area contributed by atoms with E-state index in [9.17, 15) is 137 Å². The Morgan fingerprint density at radius 1 is 0.300 bits per heavy atom. The Kier molecular flexibility index (Phi) is 11.6. The molecular weight excluding hydrogens is 830 g/mol. The summed E-state index contributed by atoms with van der Waals surface area (Å²) in [4.78, 5) is 10.1. The van der Waals surface area contributed by atoms with Gasteiger partial charge in [-0.05, 0) is 0 Å². The molecule has 0 aliphatic rings. The molecule has 0 heterocycles. The number of alkyl halides is 29. The maximum absolute atomic E-state index is 14.3. The van der Waals surface area contributed by atoms with Gasteiger partial charge in [-0.1, -0.05) is 0 Å². The van der Waals surface area contributed by atoms with Crippen molar-refractivity contribution in [2.45, 2.75) is 84.7 Å². The average molecular weight is 830 g/mol. The number of halogens is 30. The van der Waals surface area contributed by atoms with Crippen LogP contribution in [0.15, 0.2) is 0 Å². The van der Waals surface area contributed by atoms with Gasteiger partial charge in [0.15, 0.2) is 0 Å². The highest BCUT2D eigenvalue weighted by Crippen LogP contribution is 2.61. The van der Waals surface area contributed by atoms with Crippen LogP contribution < -0.4 is 0 Å². The summed E-state index contributed by atoms with van der Waals surface area (Å²) in [6.07, 6.45) is -78.1. The van der Waals surface area contributed by atoms with Crippen LogP contribution in [0.5, 0.6) is 0 Å². The van der Waals surface area contributed by atoms with Gasteiger partial charge in [-0.2, -0.15) is 132 Å². The SMILES string of the molecule is O=C(F)[C@](F)(OC(F)(F)[C@](F)(OC(F)(F)[C@@](F)(OC(F)(F)[C@@](F)(OC(F)(F)C(F)(F)C(F)(F)F)C(F)(F)F)C(F)(F)F)C(F)(F)F)C(F)(F)F. The summed E-state index contributed by atoms with van der Waals surface area (Å²) < 4.78 is 397. The summed E-state index contributed by atoms with van der Waals surface area (Å²) in [6, 6.07) is -5.18. The van der Waals surface area contributed by atoms with E-state index in [0.29, 0.717) is 0 Å². The van der Waals surface area contributed by atoms with Gasteiger partial charge in [-0.3, -0.25) is 23.7 Å². The van der Waals surface area contributed by atoms with Gasteiger partial charge in [0.25, 0.3) is 0 Å². The zero-order valence-electron chi connectivity index (χ0n) is 20.9. The van der Waals surface area contributed by atoms with E-state index in [2.05, 4.69) is 0 Å². The number of hydrogen-bond acceptors (Lipinski definition) is 5. The highest BCUT2D eigenvalue weighted by atomic mass is 19.4. The van der Waals surface area contributed by atoms with Crippen molar-refractivity contribution in [2.24, 2.45) is 0 Å². The molecule has 0 radical (unpaired) electrons. The van der Waals surface area contributed by atoms with Gasteiger partial charge in [-0.15, -0.1) is 0 Å². The second-order valence-corrected chi connectivity index (χ2v) is 8.19. The van der Waals surface area contributed by atoms with Crippen LogP contribution in [0.2, 0.25) is 0 Å². The summed E-state index contributed by atoms with van der Waals surface area (Å²) in [5, 5.41) is 0. The predicted octanol–water partition coefficient (Wildman–Crippen LogP) is 9.03. The Morgan fingerprint density at radius 3 is 0.700 bits per heavy atom. The van der Waals surface area contributed by atoms with Crippen molar-refractivity contribution in [2.75, 3.05) is 0 Å². The normalized spacial score (nSPS) is 20.4. The second kappa shape index (κ2) is 12.2. The van der Waals surface area contributed by atoms with E-state index in [-0.39, 0.29) is 0 Å². The Labute approximate surface area is 247 Å². The standard InChI is InChI=1S/C15F30O5/c16-1(46)2(17,7(23,24)25)47-13(40,41)4(20,9(29,30)31)49-15(44,45)6(22,11(35,36)37)50-14(42,43)5(21,10(32,33)34)48-12(38,39)3(18,19)8(26,27)28/t2-,4+,5-,6-/m0/s1. The molecule has 0 aliphatic carbocycles. The fourth-order valence-corrected chi connectivity index (χ4v) is 2.19. The van der Waals surface area contributed by atoms with Crippen LogP contribution in [0.4, 0.5) is 132 Å². The van der Waals surface area contributed by atoms with Crippen molar-refractivity contribution in [3.05, 3.63) is 0 Å². The Balaban J connectivity index is 7.69. The van der Waals surface area contributed by atoms with Crippen LogP contribution in [-0.2, 0) is 23.7 Å². The lowest BCUT2D eigenvalue weighted by Gasteiger charge is -2.43. The molecule has 0 aromatic rings. The van der Waals surface area contributed by atoms with Crippen molar-refractivity contribution in [3.63, 3.8) is 0 Å². The van der Waals surface area contributed by atoms with Crippen LogP contribution in [0.25, 0.3) is 0 Å². The van der Waals surface area contributed by atoms with E-state index in [4.69, 9.17) is 0 Å². The van der Waals surface area contributed by atoms with E-state index in [1.54, 1.807) is 0 Å². The zero-order chi connectivity index (χ0) is 41.4. The lowest BCUT2D eigenvalue weighted by molar-refractivity contribution is -0.592. The maximum atomic E-state index is 14.3. The fourth-order valence-electron chi connectivity index (χ4n) is 2.19. The predicted molar refractivity (Wildman–Crippen MR) is 80.8 cm³/mol. The van der Waals surface area contributed by atoms with Gasteiger partial charge in [0, 0.05) is 0 Å². The third kappa shape index (κ3) is 7.62. The summed E-state index contributed by atoms with van der Waals surface area (Å²) >= 11 is 0. The molecule has 35 heteroatoms. The van der Waals surface area contributed by atoms with E-state index in [1.165, 1.54) is 0 Å². The van der Waals surface area contributed by atoms with Crippen molar-refractivity contribution in [1.29, 1.82) is 0 Å². The van der Waals surface area contributed by atoms with Crippen LogP contribution in [0.1, 0.15) is 0 Å². The third-order valence-electron chi connectivity index (χ3n) is 4.63. The molecule has 0 fully saturated rings. The van der Waals surface area contributed by atoms with Crippen LogP contribution in [0, 0.1) is 0 Å². The molecule has 50 heavy (non-hydrogen) atoms. The van der Waals surface area contributed by atoms with Gasteiger partial charge < -0.3 is 0 Å². The third-order valence-corrected chi connectivity index (χ3v) is 4.63. The summed E-state index contributed by atoms with van der Waals surface area (Å²) in [5.74, 6) is -43.6. The van der Waals surface area contributed by atoms with Gasteiger partial charge in [0.1, 0.15) is 0 Å². The Bertz CT molecular complexity index is 1230. The van der Waals surface area contributed by atoms with Gasteiger partial charge >= 0.3 is 90.7 Å². The molecule has 0 saturated carbocycles. The smallest absolute Gasteiger partial charge is 0.263 e. The number of carbonyl (C=O) groups excluding carboxylic acids is 1. The minimum absolute atomic E-state index is 0.788. The molecule has 0 aromatic heterocycles. The minimum Gasteiger partial charge on any atom is -0.263 e. The molecular formula is C15F30O5. The molecule has 0 amide bonds. The Morgan fingerprint density at radius 2 is 0.520 bits per heavy atom. The van der Waals surface area contributed by atoms with Crippen molar-refractivity contribution in [1.82, 2.24) is 0 Å². The van der Waals surface area contributed by atoms with Crippen molar-refractivity contribution < 1.29 is 155 Å². The summed E-state index contributed by atoms with van der Waals surface area (Å²) in [6.45, 7) is 0. The Hall–Kier alpha value is -2.59. The molecule has 0 rings (SSSR count). The van der Waals surface area contributed by atoms with E-state index >= 15 is 0 Å². The first kappa shape index (κ1) is 47.4. The first-order valence-electron chi connectivity index (χ1n) is 10.0. The molecule has 4 atom stereocenters. The van der Waals surface area contributed by atoms with E-state index < -0.39 is 90.7 Å². The van der Waals surface area contributed by atoms with Gasteiger partial charge in [0.05, 0.1) is 0 Å². The molecule has 5 nitrogen and oxygen atoms in total. The zero-order valence-corrected chi connectivity index (χ0v) is 20.9. The number of ether oxygens (including phenoxy) is 4. The van der Waals surface area contributed by atoms with Gasteiger partial charge in [-0.25, -0.2) is 0 Å². The second-order valence-electron chi connectivity index (χ2n) is 8.19. The lowest BCUT2D eigenvalue weighted by atomic mass is 10.2. The quantitative estimate of drug-likeness (QED) is 0.137. The highest BCUT2D eigenvalue weighted by molar-refractivity contribution is 5.77. The monoisotopic (exact) mass is 830 g/mol. The van der Waals surface area contributed by atoms with Crippen LogP contribution in [-0.4, -0.2) is 90.7 Å². The maximum Gasteiger partial charge on any atom is 0.462 e. The van der Waals surface area contributed by atoms with Gasteiger partial charge in [0.2, 0.25) is 0 Å². The molecule has 0 bridgehead atoms. The molecule has 0 saturated heterocycles. The first-order valence-corrected chi connectivity index (χ1v) is 10.0.